The van der Waals surface area contributed by atoms with Crippen LogP contribution in [0.5, 0.6) is 0 Å². The summed E-state index contributed by atoms with van der Waals surface area (Å²) < 4.78 is 0. The standard InChI is InChI=1S/C12H12ClN3/c13-10-3-1-9(2-4-10)12-8-15-11(5-6-14)7-16-12/h1-4,7-8H,5-6,14H2. The molecule has 0 saturated heterocycles. The van der Waals surface area contributed by atoms with Crippen LogP contribution in [0.1, 0.15) is 5.69 Å². The van der Waals surface area contributed by atoms with Crippen LogP contribution in [0.15, 0.2) is 36.7 Å². The van der Waals surface area contributed by atoms with Gasteiger partial charge in [-0.1, -0.05) is 23.7 Å². The van der Waals surface area contributed by atoms with Crippen molar-refractivity contribution >= 4 is 11.6 Å². The van der Waals surface area contributed by atoms with E-state index in [2.05, 4.69) is 9.97 Å². The van der Waals surface area contributed by atoms with E-state index in [1.165, 1.54) is 0 Å². The van der Waals surface area contributed by atoms with Crippen molar-refractivity contribution in [2.75, 3.05) is 6.54 Å². The highest BCUT2D eigenvalue weighted by Crippen LogP contribution is 2.18. The molecule has 0 aliphatic heterocycles. The monoisotopic (exact) mass is 233 g/mol. The van der Waals surface area contributed by atoms with E-state index in [-0.39, 0.29) is 0 Å². The zero-order valence-corrected chi connectivity index (χ0v) is 9.48. The van der Waals surface area contributed by atoms with Crippen LogP contribution >= 0.6 is 11.6 Å². The summed E-state index contributed by atoms with van der Waals surface area (Å²) in [5, 5.41) is 0.719. The maximum Gasteiger partial charge on any atom is 0.0885 e. The Hall–Kier alpha value is -1.45. The molecule has 1 heterocycles. The number of rotatable bonds is 3. The van der Waals surface area contributed by atoms with Gasteiger partial charge in [0.1, 0.15) is 0 Å². The summed E-state index contributed by atoms with van der Waals surface area (Å²) in [6, 6.07) is 7.53. The molecular weight excluding hydrogens is 222 g/mol. The van der Waals surface area contributed by atoms with E-state index in [1.807, 2.05) is 24.3 Å². The Bertz CT molecular complexity index is 451. The average Bonchev–Trinajstić information content (AvgIpc) is 2.32. The fourth-order valence-corrected chi connectivity index (χ4v) is 1.53. The Balaban J connectivity index is 2.24. The second kappa shape index (κ2) is 5.05. The molecule has 1 aromatic heterocycles. The molecule has 0 atom stereocenters. The lowest BCUT2D eigenvalue weighted by molar-refractivity contribution is 0.909. The highest BCUT2D eigenvalue weighted by atomic mass is 35.5. The van der Waals surface area contributed by atoms with Crippen molar-refractivity contribution < 1.29 is 0 Å². The van der Waals surface area contributed by atoms with Crippen molar-refractivity contribution in [3.8, 4) is 11.3 Å². The van der Waals surface area contributed by atoms with Gasteiger partial charge in [-0.05, 0) is 18.7 Å². The SMILES string of the molecule is NCCc1cnc(-c2ccc(Cl)cc2)cn1. The largest absolute Gasteiger partial charge is 0.330 e. The van der Waals surface area contributed by atoms with Gasteiger partial charge in [0.25, 0.3) is 0 Å². The first-order valence-corrected chi connectivity index (χ1v) is 5.44. The molecule has 0 saturated carbocycles. The van der Waals surface area contributed by atoms with Gasteiger partial charge in [0.05, 0.1) is 17.6 Å². The molecule has 2 aromatic rings. The van der Waals surface area contributed by atoms with Crippen molar-refractivity contribution in [2.24, 2.45) is 5.73 Å². The third kappa shape index (κ3) is 2.56. The van der Waals surface area contributed by atoms with Gasteiger partial charge in [-0.25, -0.2) is 0 Å². The van der Waals surface area contributed by atoms with E-state index in [0.29, 0.717) is 6.54 Å². The molecule has 2 rings (SSSR count). The molecule has 16 heavy (non-hydrogen) atoms. The summed E-state index contributed by atoms with van der Waals surface area (Å²) >= 11 is 5.82. The zero-order chi connectivity index (χ0) is 11.4. The van der Waals surface area contributed by atoms with E-state index in [1.54, 1.807) is 12.4 Å². The fraction of sp³-hybridized carbons (Fsp3) is 0.167. The minimum Gasteiger partial charge on any atom is -0.330 e. The van der Waals surface area contributed by atoms with Gasteiger partial charge in [0.15, 0.2) is 0 Å². The van der Waals surface area contributed by atoms with Gasteiger partial charge >= 0.3 is 0 Å². The molecule has 0 aliphatic rings. The van der Waals surface area contributed by atoms with E-state index in [9.17, 15) is 0 Å². The van der Waals surface area contributed by atoms with Crippen molar-refractivity contribution in [2.45, 2.75) is 6.42 Å². The van der Waals surface area contributed by atoms with Crippen LogP contribution < -0.4 is 5.73 Å². The van der Waals surface area contributed by atoms with Gasteiger partial charge in [-0.15, -0.1) is 0 Å². The normalized spacial score (nSPS) is 10.4. The Labute approximate surface area is 99.3 Å². The first kappa shape index (κ1) is 11.0. The highest BCUT2D eigenvalue weighted by Gasteiger charge is 2.00. The lowest BCUT2D eigenvalue weighted by Gasteiger charge is -2.02. The highest BCUT2D eigenvalue weighted by molar-refractivity contribution is 6.30. The van der Waals surface area contributed by atoms with E-state index < -0.39 is 0 Å². The topological polar surface area (TPSA) is 51.8 Å². The molecule has 0 spiro atoms. The Morgan fingerprint density at radius 1 is 1.06 bits per heavy atom. The molecular formula is C12H12ClN3. The third-order valence-electron chi connectivity index (χ3n) is 2.25. The fourth-order valence-electron chi connectivity index (χ4n) is 1.40. The summed E-state index contributed by atoms with van der Waals surface area (Å²) in [5.74, 6) is 0. The van der Waals surface area contributed by atoms with Crippen LogP contribution in [0.2, 0.25) is 5.02 Å². The minimum atomic E-state index is 0.592. The summed E-state index contributed by atoms with van der Waals surface area (Å²) in [5.41, 5.74) is 8.22. The van der Waals surface area contributed by atoms with Crippen LogP contribution in [0.3, 0.4) is 0 Å². The molecule has 2 N–H and O–H groups in total. The average molecular weight is 234 g/mol. The minimum absolute atomic E-state index is 0.592. The molecule has 0 radical (unpaired) electrons. The predicted molar refractivity (Wildman–Crippen MR) is 65.2 cm³/mol. The van der Waals surface area contributed by atoms with Crippen LogP contribution in [-0.4, -0.2) is 16.5 Å². The van der Waals surface area contributed by atoms with Crippen LogP contribution in [0.25, 0.3) is 11.3 Å². The van der Waals surface area contributed by atoms with Crippen LogP contribution in [0, 0.1) is 0 Å². The lowest BCUT2D eigenvalue weighted by Crippen LogP contribution is -2.04. The smallest absolute Gasteiger partial charge is 0.0885 e. The first-order chi connectivity index (χ1) is 7.79. The molecule has 1 aromatic carbocycles. The lowest BCUT2D eigenvalue weighted by atomic mass is 10.1. The summed E-state index contributed by atoms with van der Waals surface area (Å²) in [6.45, 7) is 0.592. The van der Waals surface area contributed by atoms with Gasteiger partial charge in [-0.2, -0.15) is 0 Å². The molecule has 0 aliphatic carbocycles. The van der Waals surface area contributed by atoms with Gasteiger partial charge < -0.3 is 5.73 Å². The quantitative estimate of drug-likeness (QED) is 0.885. The molecule has 0 unspecified atom stereocenters. The van der Waals surface area contributed by atoms with Crippen molar-refractivity contribution in [1.29, 1.82) is 0 Å². The van der Waals surface area contributed by atoms with Gasteiger partial charge in [0.2, 0.25) is 0 Å². The number of hydrogen-bond acceptors (Lipinski definition) is 3. The first-order valence-electron chi connectivity index (χ1n) is 5.06. The molecule has 3 nitrogen and oxygen atoms in total. The zero-order valence-electron chi connectivity index (χ0n) is 8.73. The molecule has 0 amide bonds. The summed E-state index contributed by atoms with van der Waals surface area (Å²) in [6.07, 6.45) is 4.28. The maximum absolute atomic E-state index is 5.82. The second-order valence-corrected chi connectivity index (χ2v) is 3.87. The Morgan fingerprint density at radius 2 is 1.81 bits per heavy atom. The maximum atomic E-state index is 5.82. The molecule has 0 fully saturated rings. The van der Waals surface area contributed by atoms with E-state index >= 15 is 0 Å². The number of nitrogens with two attached hydrogens (primary N) is 1. The summed E-state index contributed by atoms with van der Waals surface area (Å²) in [4.78, 5) is 8.63. The van der Waals surface area contributed by atoms with Crippen LogP contribution in [-0.2, 0) is 6.42 Å². The molecule has 0 bridgehead atoms. The number of halogens is 1. The van der Waals surface area contributed by atoms with Gasteiger partial charge in [-0.3, -0.25) is 9.97 Å². The van der Waals surface area contributed by atoms with Crippen molar-refractivity contribution in [3.63, 3.8) is 0 Å². The third-order valence-corrected chi connectivity index (χ3v) is 2.50. The Morgan fingerprint density at radius 3 is 2.38 bits per heavy atom. The van der Waals surface area contributed by atoms with E-state index in [0.717, 1.165) is 28.4 Å². The van der Waals surface area contributed by atoms with Crippen molar-refractivity contribution in [1.82, 2.24) is 9.97 Å². The number of benzene rings is 1. The molecule has 82 valence electrons. The molecule has 4 heteroatoms. The number of hydrogen-bond donors (Lipinski definition) is 1. The number of nitrogens with zero attached hydrogens (tertiary/aromatic N) is 2. The predicted octanol–water partition coefficient (Wildman–Crippen LogP) is 2.30. The second-order valence-electron chi connectivity index (χ2n) is 3.44. The van der Waals surface area contributed by atoms with E-state index in [4.69, 9.17) is 17.3 Å². The summed E-state index contributed by atoms with van der Waals surface area (Å²) in [7, 11) is 0. The van der Waals surface area contributed by atoms with Crippen LogP contribution in [0.4, 0.5) is 0 Å². The van der Waals surface area contributed by atoms with Crippen molar-refractivity contribution in [3.05, 3.63) is 47.4 Å². The van der Waals surface area contributed by atoms with Gasteiger partial charge in [0, 0.05) is 23.2 Å². The Kier molecular flexibility index (Phi) is 3.49. The number of aromatic nitrogens is 2.